The lowest BCUT2D eigenvalue weighted by Crippen LogP contribution is -2.43. The van der Waals surface area contributed by atoms with Gasteiger partial charge < -0.3 is 9.15 Å². The quantitative estimate of drug-likeness (QED) is 0.654. The van der Waals surface area contributed by atoms with Crippen molar-refractivity contribution in [2.75, 3.05) is 6.61 Å². The summed E-state index contributed by atoms with van der Waals surface area (Å²) in [7, 11) is 0. The van der Waals surface area contributed by atoms with Gasteiger partial charge in [0.25, 0.3) is 11.8 Å². The van der Waals surface area contributed by atoms with Gasteiger partial charge in [0.2, 0.25) is 0 Å². The smallest absolute Gasteiger partial charge is 0.276 e. The molecule has 2 N–H and O–H groups in total. The molecule has 2 amide bonds. The summed E-state index contributed by atoms with van der Waals surface area (Å²) < 4.78 is 10.6. The maximum absolute atomic E-state index is 11.6. The van der Waals surface area contributed by atoms with Gasteiger partial charge in [0, 0.05) is 6.08 Å². The van der Waals surface area contributed by atoms with Crippen LogP contribution in [0.4, 0.5) is 0 Å². The Balaban J connectivity index is 1.70. The topological polar surface area (TPSA) is 80.6 Å². The molecule has 6 nitrogen and oxygen atoms in total. The summed E-state index contributed by atoms with van der Waals surface area (Å²) in [5.41, 5.74) is 5.62. The molecule has 2 aromatic rings. The van der Waals surface area contributed by atoms with Gasteiger partial charge >= 0.3 is 0 Å². The van der Waals surface area contributed by atoms with E-state index in [0.717, 1.165) is 11.3 Å². The van der Waals surface area contributed by atoms with E-state index >= 15 is 0 Å². The molecule has 0 radical (unpaired) electrons. The molecular weight excluding hydrogens is 296 g/mol. The standard InChI is InChI=1S/C17H18N2O4/c1-12-3-6-14(7-4-12)22-11-17(21)19-18-16(20)10-9-15-8-5-13(2)23-15/h3-10H,11H2,1-2H3,(H,18,20)(H,19,21). The zero-order chi connectivity index (χ0) is 16.7. The number of benzene rings is 1. The minimum atomic E-state index is -0.470. The molecule has 0 bridgehead atoms. The first-order chi connectivity index (χ1) is 11.0. The molecule has 0 unspecified atom stereocenters. The van der Waals surface area contributed by atoms with E-state index < -0.39 is 11.8 Å². The third-order valence-electron chi connectivity index (χ3n) is 2.88. The zero-order valence-corrected chi connectivity index (χ0v) is 13.0. The van der Waals surface area contributed by atoms with Crippen molar-refractivity contribution in [1.29, 1.82) is 0 Å². The first-order valence-electron chi connectivity index (χ1n) is 7.06. The second-order valence-corrected chi connectivity index (χ2v) is 4.92. The SMILES string of the molecule is Cc1ccc(OCC(=O)NNC(=O)C=Cc2ccc(C)o2)cc1. The monoisotopic (exact) mass is 314 g/mol. The van der Waals surface area contributed by atoms with Gasteiger partial charge in [-0.2, -0.15) is 0 Å². The Morgan fingerprint density at radius 2 is 1.83 bits per heavy atom. The fraction of sp³-hybridized carbons (Fsp3) is 0.176. The van der Waals surface area contributed by atoms with Crippen molar-refractivity contribution < 1.29 is 18.7 Å². The number of rotatable bonds is 5. The largest absolute Gasteiger partial charge is 0.484 e. The summed E-state index contributed by atoms with van der Waals surface area (Å²) in [5, 5.41) is 0. The van der Waals surface area contributed by atoms with Crippen molar-refractivity contribution in [2.24, 2.45) is 0 Å². The first kappa shape index (κ1) is 16.4. The van der Waals surface area contributed by atoms with Crippen LogP contribution < -0.4 is 15.6 Å². The molecule has 2 rings (SSSR count). The Labute approximate surface area is 134 Å². The van der Waals surface area contributed by atoms with Gasteiger partial charge in [-0.05, 0) is 44.2 Å². The number of aryl methyl sites for hydroxylation is 2. The Morgan fingerprint density at radius 3 is 2.48 bits per heavy atom. The van der Waals surface area contributed by atoms with Crippen LogP contribution in [0.3, 0.4) is 0 Å². The number of furan rings is 1. The average molecular weight is 314 g/mol. The van der Waals surface area contributed by atoms with Crippen LogP contribution in [-0.2, 0) is 9.59 Å². The van der Waals surface area contributed by atoms with Crippen LogP contribution >= 0.6 is 0 Å². The molecule has 0 aliphatic rings. The molecular formula is C17H18N2O4. The van der Waals surface area contributed by atoms with Gasteiger partial charge in [0.15, 0.2) is 6.61 Å². The second kappa shape index (κ2) is 7.84. The molecule has 0 spiro atoms. The van der Waals surface area contributed by atoms with E-state index in [-0.39, 0.29) is 6.61 Å². The van der Waals surface area contributed by atoms with Crippen LogP contribution in [-0.4, -0.2) is 18.4 Å². The Kier molecular flexibility index (Phi) is 5.57. The maximum Gasteiger partial charge on any atom is 0.276 e. The summed E-state index contributed by atoms with van der Waals surface area (Å²) >= 11 is 0. The Bertz CT molecular complexity index is 702. The molecule has 0 aliphatic heterocycles. The van der Waals surface area contributed by atoms with Gasteiger partial charge in [-0.25, -0.2) is 0 Å². The molecule has 23 heavy (non-hydrogen) atoms. The predicted molar refractivity (Wildman–Crippen MR) is 85.4 cm³/mol. The van der Waals surface area contributed by atoms with Gasteiger partial charge in [-0.15, -0.1) is 0 Å². The van der Waals surface area contributed by atoms with E-state index in [1.807, 2.05) is 26.0 Å². The number of carbonyl (C=O) groups is 2. The van der Waals surface area contributed by atoms with Gasteiger partial charge in [-0.1, -0.05) is 17.7 Å². The summed E-state index contributed by atoms with van der Waals surface area (Å²) in [5.74, 6) is 0.979. The Hall–Kier alpha value is -3.02. The number of hydrogen-bond acceptors (Lipinski definition) is 4. The highest BCUT2D eigenvalue weighted by molar-refractivity contribution is 5.92. The lowest BCUT2D eigenvalue weighted by molar-refractivity contribution is -0.128. The average Bonchev–Trinajstić information content (AvgIpc) is 2.96. The third kappa shape index (κ3) is 5.70. The molecule has 6 heteroatoms. The minimum Gasteiger partial charge on any atom is -0.484 e. The maximum atomic E-state index is 11.6. The van der Waals surface area contributed by atoms with Crippen molar-refractivity contribution in [3.63, 3.8) is 0 Å². The van der Waals surface area contributed by atoms with Gasteiger partial charge in [0.1, 0.15) is 17.3 Å². The molecule has 0 atom stereocenters. The third-order valence-corrected chi connectivity index (χ3v) is 2.88. The predicted octanol–water partition coefficient (Wildman–Crippen LogP) is 2.14. The number of ether oxygens (including phenoxy) is 1. The van der Waals surface area contributed by atoms with E-state index in [2.05, 4.69) is 10.9 Å². The molecule has 0 saturated carbocycles. The van der Waals surface area contributed by atoms with E-state index in [1.54, 1.807) is 24.3 Å². The summed E-state index contributed by atoms with van der Waals surface area (Å²) in [6.45, 7) is 3.58. The zero-order valence-electron chi connectivity index (χ0n) is 13.0. The summed E-state index contributed by atoms with van der Waals surface area (Å²) in [4.78, 5) is 23.1. The van der Waals surface area contributed by atoms with Gasteiger partial charge in [-0.3, -0.25) is 20.4 Å². The second-order valence-electron chi connectivity index (χ2n) is 4.92. The van der Waals surface area contributed by atoms with E-state index in [1.165, 1.54) is 12.2 Å². The van der Waals surface area contributed by atoms with Crippen LogP contribution in [0.2, 0.25) is 0 Å². The highest BCUT2D eigenvalue weighted by atomic mass is 16.5. The van der Waals surface area contributed by atoms with Crippen LogP contribution in [0.1, 0.15) is 17.1 Å². The van der Waals surface area contributed by atoms with E-state index in [9.17, 15) is 9.59 Å². The Morgan fingerprint density at radius 1 is 1.09 bits per heavy atom. The van der Waals surface area contributed by atoms with Gasteiger partial charge in [0.05, 0.1) is 0 Å². The lowest BCUT2D eigenvalue weighted by atomic mass is 10.2. The number of nitrogens with one attached hydrogen (secondary N) is 2. The molecule has 0 aliphatic carbocycles. The van der Waals surface area contributed by atoms with Crippen molar-refractivity contribution >= 4 is 17.9 Å². The first-order valence-corrected chi connectivity index (χ1v) is 7.06. The normalized spacial score (nSPS) is 10.5. The summed E-state index contributed by atoms with van der Waals surface area (Å²) in [6, 6.07) is 10.9. The van der Waals surface area contributed by atoms with E-state index in [4.69, 9.17) is 9.15 Å². The van der Waals surface area contributed by atoms with Crippen LogP contribution in [0.15, 0.2) is 46.9 Å². The lowest BCUT2D eigenvalue weighted by Gasteiger charge is -2.07. The van der Waals surface area contributed by atoms with Crippen LogP contribution in [0.25, 0.3) is 6.08 Å². The molecule has 1 aromatic heterocycles. The molecule has 0 saturated heterocycles. The van der Waals surface area contributed by atoms with Crippen molar-refractivity contribution in [2.45, 2.75) is 13.8 Å². The molecule has 1 aromatic carbocycles. The minimum absolute atomic E-state index is 0.190. The van der Waals surface area contributed by atoms with Crippen LogP contribution in [0.5, 0.6) is 5.75 Å². The molecule has 1 heterocycles. The highest BCUT2D eigenvalue weighted by Crippen LogP contribution is 2.10. The van der Waals surface area contributed by atoms with Crippen LogP contribution in [0, 0.1) is 13.8 Å². The van der Waals surface area contributed by atoms with Crippen molar-refractivity contribution in [1.82, 2.24) is 10.9 Å². The fourth-order valence-electron chi connectivity index (χ4n) is 1.69. The number of hydrogen-bond donors (Lipinski definition) is 2. The van der Waals surface area contributed by atoms with Crippen molar-refractivity contribution in [3.05, 3.63) is 59.6 Å². The number of hydrazine groups is 1. The molecule has 0 fully saturated rings. The fourth-order valence-corrected chi connectivity index (χ4v) is 1.69. The van der Waals surface area contributed by atoms with Crippen molar-refractivity contribution in [3.8, 4) is 5.75 Å². The summed E-state index contributed by atoms with van der Waals surface area (Å²) in [6.07, 6.45) is 2.77. The number of amides is 2. The molecule has 120 valence electrons. The highest BCUT2D eigenvalue weighted by Gasteiger charge is 2.04. The number of carbonyl (C=O) groups excluding carboxylic acids is 2. The van der Waals surface area contributed by atoms with E-state index in [0.29, 0.717) is 11.5 Å².